The molecular formula is C51H32N4O. The Morgan fingerprint density at radius 3 is 1.59 bits per heavy atom. The van der Waals surface area contributed by atoms with Crippen LogP contribution < -0.4 is 0 Å². The Morgan fingerprint density at radius 1 is 0.357 bits per heavy atom. The van der Waals surface area contributed by atoms with Crippen molar-refractivity contribution in [2.24, 2.45) is 0 Å². The molecule has 0 bridgehead atoms. The first-order valence-electron chi connectivity index (χ1n) is 18.8. The lowest BCUT2D eigenvalue weighted by Gasteiger charge is -2.12. The molecular weight excluding hydrogens is 685 g/mol. The number of para-hydroxylation sites is 3. The van der Waals surface area contributed by atoms with Crippen molar-refractivity contribution in [3.8, 4) is 62.1 Å². The molecule has 0 aliphatic rings. The molecule has 0 atom stereocenters. The van der Waals surface area contributed by atoms with Crippen LogP contribution in [0.15, 0.2) is 199 Å². The number of fused-ring (bicyclic) bond motifs is 6. The van der Waals surface area contributed by atoms with Crippen LogP contribution in [0.3, 0.4) is 0 Å². The van der Waals surface area contributed by atoms with Gasteiger partial charge >= 0.3 is 0 Å². The van der Waals surface area contributed by atoms with Gasteiger partial charge in [-0.25, -0.2) is 4.98 Å². The summed E-state index contributed by atoms with van der Waals surface area (Å²) in [5.74, 6) is 1.77. The lowest BCUT2D eigenvalue weighted by molar-refractivity contribution is 0.670. The predicted molar refractivity (Wildman–Crippen MR) is 229 cm³/mol. The van der Waals surface area contributed by atoms with E-state index < -0.39 is 0 Å². The van der Waals surface area contributed by atoms with Crippen LogP contribution in [0.5, 0.6) is 0 Å². The molecule has 0 radical (unpaired) electrons. The maximum Gasteiger partial charge on any atom is 0.238 e. The van der Waals surface area contributed by atoms with Gasteiger partial charge < -0.3 is 4.42 Å². The molecule has 5 heteroatoms. The molecule has 0 unspecified atom stereocenters. The van der Waals surface area contributed by atoms with E-state index >= 15 is 0 Å². The standard InChI is InChI=1S/C51H32N4O/c1-4-16-33(17-5-1)38-31-43(47-42-27-15-26-39(34-18-6-2-7-19-34)48(42)56-46(47)32-38)36-22-14-23-37(30-36)50-52-49(35-20-8-3-9-21-35)53-51(54-50)55-44-28-12-10-24-40(44)41-25-11-13-29-45(41)55/h1-32H. The Hall–Kier alpha value is -7.63. The SMILES string of the molecule is c1ccc(-c2cc(-c3cccc(-c4nc(-c5ccccc5)nc(-n5c6ccccc6c6ccccc65)n4)c3)c3c(c2)oc2c(-c4ccccc4)cccc23)cc1. The molecule has 0 fully saturated rings. The summed E-state index contributed by atoms with van der Waals surface area (Å²) in [5.41, 5.74) is 12.1. The molecule has 8 aromatic carbocycles. The van der Waals surface area contributed by atoms with Gasteiger partial charge in [-0.1, -0.05) is 164 Å². The van der Waals surface area contributed by atoms with Gasteiger partial charge in [0.15, 0.2) is 11.6 Å². The van der Waals surface area contributed by atoms with E-state index in [1.807, 2.05) is 42.5 Å². The molecule has 0 aliphatic carbocycles. The maximum atomic E-state index is 6.83. The third kappa shape index (κ3) is 5.29. The van der Waals surface area contributed by atoms with Crippen molar-refractivity contribution in [1.82, 2.24) is 19.5 Å². The third-order valence-electron chi connectivity index (χ3n) is 10.7. The topological polar surface area (TPSA) is 56.7 Å². The summed E-state index contributed by atoms with van der Waals surface area (Å²) < 4.78 is 8.99. The van der Waals surface area contributed by atoms with Crippen LogP contribution >= 0.6 is 0 Å². The average Bonchev–Trinajstić information content (AvgIpc) is 3.83. The van der Waals surface area contributed by atoms with Crippen LogP contribution in [-0.2, 0) is 0 Å². The van der Waals surface area contributed by atoms with Gasteiger partial charge in [0.05, 0.1) is 11.0 Å². The molecule has 0 spiro atoms. The first-order chi connectivity index (χ1) is 27.8. The van der Waals surface area contributed by atoms with Gasteiger partial charge in [-0.2, -0.15) is 9.97 Å². The zero-order chi connectivity index (χ0) is 37.0. The van der Waals surface area contributed by atoms with Crippen molar-refractivity contribution in [2.45, 2.75) is 0 Å². The largest absolute Gasteiger partial charge is 0.455 e. The number of aromatic nitrogens is 4. The third-order valence-corrected chi connectivity index (χ3v) is 10.7. The molecule has 0 aliphatic heterocycles. The minimum Gasteiger partial charge on any atom is -0.455 e. The van der Waals surface area contributed by atoms with Crippen molar-refractivity contribution in [2.75, 3.05) is 0 Å². The fraction of sp³-hybridized carbons (Fsp3) is 0. The summed E-state index contributed by atoms with van der Waals surface area (Å²) in [6, 6.07) is 67.3. The van der Waals surface area contributed by atoms with Crippen molar-refractivity contribution in [3.05, 3.63) is 194 Å². The molecule has 0 saturated carbocycles. The average molecular weight is 717 g/mol. The van der Waals surface area contributed by atoms with Crippen LogP contribution in [0.25, 0.3) is 106 Å². The normalized spacial score (nSPS) is 11.6. The fourth-order valence-corrected chi connectivity index (χ4v) is 8.07. The van der Waals surface area contributed by atoms with Crippen molar-refractivity contribution < 1.29 is 4.42 Å². The fourth-order valence-electron chi connectivity index (χ4n) is 8.07. The highest BCUT2D eigenvalue weighted by Gasteiger charge is 2.20. The number of nitrogens with zero attached hydrogens (tertiary/aromatic N) is 4. The monoisotopic (exact) mass is 716 g/mol. The van der Waals surface area contributed by atoms with Gasteiger partial charge in [0.2, 0.25) is 5.95 Å². The van der Waals surface area contributed by atoms with E-state index in [-0.39, 0.29) is 0 Å². The second-order valence-electron chi connectivity index (χ2n) is 14.0. The minimum absolute atomic E-state index is 0.569. The Morgan fingerprint density at radius 2 is 0.893 bits per heavy atom. The van der Waals surface area contributed by atoms with E-state index in [4.69, 9.17) is 19.4 Å². The second-order valence-corrected chi connectivity index (χ2v) is 14.0. The zero-order valence-corrected chi connectivity index (χ0v) is 30.2. The minimum atomic E-state index is 0.569. The Kier molecular flexibility index (Phi) is 7.42. The summed E-state index contributed by atoms with van der Waals surface area (Å²) >= 11 is 0. The highest BCUT2D eigenvalue weighted by Crippen LogP contribution is 2.43. The van der Waals surface area contributed by atoms with Crippen molar-refractivity contribution in [1.29, 1.82) is 0 Å². The van der Waals surface area contributed by atoms with E-state index in [0.717, 1.165) is 88.3 Å². The number of hydrogen-bond donors (Lipinski definition) is 0. The molecule has 5 nitrogen and oxygen atoms in total. The maximum absolute atomic E-state index is 6.83. The zero-order valence-electron chi connectivity index (χ0n) is 30.2. The Balaban J connectivity index is 1.15. The van der Waals surface area contributed by atoms with Gasteiger partial charge in [0, 0.05) is 38.2 Å². The lowest BCUT2D eigenvalue weighted by atomic mass is 9.93. The summed E-state index contributed by atoms with van der Waals surface area (Å²) in [5, 5.41) is 4.44. The predicted octanol–water partition coefficient (Wildman–Crippen LogP) is 13.2. The molecule has 56 heavy (non-hydrogen) atoms. The quantitative estimate of drug-likeness (QED) is 0.172. The van der Waals surface area contributed by atoms with Gasteiger partial charge in [-0.3, -0.25) is 4.57 Å². The van der Waals surface area contributed by atoms with Crippen LogP contribution in [0, 0.1) is 0 Å². The molecule has 11 rings (SSSR count). The lowest BCUT2D eigenvalue weighted by Crippen LogP contribution is -2.06. The van der Waals surface area contributed by atoms with E-state index in [0.29, 0.717) is 17.6 Å². The summed E-state index contributed by atoms with van der Waals surface area (Å²) in [6.45, 7) is 0. The van der Waals surface area contributed by atoms with Crippen LogP contribution in [0.1, 0.15) is 0 Å². The smallest absolute Gasteiger partial charge is 0.238 e. The number of hydrogen-bond acceptors (Lipinski definition) is 4. The Labute approximate surface area is 322 Å². The first kappa shape index (κ1) is 31.9. The van der Waals surface area contributed by atoms with Crippen LogP contribution in [-0.4, -0.2) is 19.5 Å². The second kappa shape index (κ2) is 13.0. The highest BCUT2D eigenvalue weighted by molar-refractivity contribution is 6.16. The first-order valence-corrected chi connectivity index (χ1v) is 18.8. The number of furan rings is 1. The van der Waals surface area contributed by atoms with Crippen molar-refractivity contribution in [3.63, 3.8) is 0 Å². The molecule has 262 valence electrons. The molecule has 3 heterocycles. The number of rotatable bonds is 6. The van der Waals surface area contributed by atoms with E-state index in [2.05, 4.69) is 156 Å². The molecule has 3 aromatic heterocycles. The van der Waals surface area contributed by atoms with Gasteiger partial charge in [0.25, 0.3) is 0 Å². The van der Waals surface area contributed by atoms with Crippen LogP contribution in [0.2, 0.25) is 0 Å². The molecule has 11 aromatic rings. The van der Waals surface area contributed by atoms with Crippen molar-refractivity contribution >= 4 is 43.7 Å². The van der Waals surface area contributed by atoms with E-state index in [1.54, 1.807) is 0 Å². The van der Waals surface area contributed by atoms with Gasteiger partial charge in [0.1, 0.15) is 11.2 Å². The van der Waals surface area contributed by atoms with E-state index in [1.165, 1.54) is 0 Å². The number of benzene rings is 8. The van der Waals surface area contributed by atoms with Gasteiger partial charge in [-0.15, -0.1) is 0 Å². The highest BCUT2D eigenvalue weighted by atomic mass is 16.3. The molecule has 0 N–H and O–H groups in total. The van der Waals surface area contributed by atoms with Gasteiger partial charge in [-0.05, 0) is 58.1 Å². The summed E-state index contributed by atoms with van der Waals surface area (Å²) in [6.07, 6.45) is 0. The molecule has 0 amide bonds. The summed E-state index contributed by atoms with van der Waals surface area (Å²) in [4.78, 5) is 15.5. The van der Waals surface area contributed by atoms with E-state index in [9.17, 15) is 0 Å². The molecule has 0 saturated heterocycles. The van der Waals surface area contributed by atoms with Crippen LogP contribution in [0.4, 0.5) is 0 Å². The summed E-state index contributed by atoms with van der Waals surface area (Å²) in [7, 11) is 0. The Bertz CT molecular complexity index is 3190.